The number of carboxylic acid groups (broad SMARTS) is 1. The van der Waals surface area contributed by atoms with Crippen molar-refractivity contribution in [3.05, 3.63) is 59.7 Å². The van der Waals surface area contributed by atoms with Crippen LogP contribution in [0.1, 0.15) is 24.0 Å². The maximum atomic E-state index is 14.4. The van der Waals surface area contributed by atoms with E-state index < -0.39 is 68.2 Å². The zero-order chi connectivity index (χ0) is 36.3. The minimum atomic E-state index is -5.12. The summed E-state index contributed by atoms with van der Waals surface area (Å²) in [5.41, 5.74) is -0.306. The molecule has 0 aliphatic carbocycles. The SMILES string of the molecule is COc1ccc(CN2CCOCC2)c(OC)c1-c1cccc2c(C[C@H](NC(=O)C3(C(F)(F)F)CCN(CC(F)(F)F)CC3)C(=O)O)cccc12. The number of carboxylic acids is 1. The number of alkyl halides is 6. The number of hydrogen-bond acceptors (Lipinski definition) is 7. The van der Waals surface area contributed by atoms with Gasteiger partial charge in [-0.15, -0.1) is 0 Å². The minimum absolute atomic E-state index is 0.360. The van der Waals surface area contributed by atoms with Gasteiger partial charge in [0.15, 0.2) is 0 Å². The molecule has 9 nitrogen and oxygen atoms in total. The third-order valence-electron chi connectivity index (χ3n) is 9.52. The third kappa shape index (κ3) is 7.94. The Morgan fingerprint density at radius 3 is 2.14 bits per heavy atom. The van der Waals surface area contributed by atoms with Crippen LogP contribution in [0.4, 0.5) is 26.3 Å². The van der Waals surface area contributed by atoms with Gasteiger partial charge in [-0.05, 0) is 53.9 Å². The Morgan fingerprint density at radius 2 is 1.54 bits per heavy atom. The molecule has 0 spiro atoms. The van der Waals surface area contributed by atoms with Crippen LogP contribution in [-0.4, -0.2) is 105 Å². The Kier molecular flexibility index (Phi) is 11.2. The van der Waals surface area contributed by atoms with Crippen LogP contribution in [0.25, 0.3) is 21.9 Å². The molecule has 3 aromatic rings. The number of hydrogen-bond donors (Lipinski definition) is 2. The highest BCUT2D eigenvalue weighted by atomic mass is 19.4. The number of nitrogens with one attached hydrogen (secondary N) is 1. The van der Waals surface area contributed by atoms with Crippen molar-refractivity contribution in [2.75, 3.05) is 60.2 Å². The van der Waals surface area contributed by atoms with Crippen LogP contribution in [0.15, 0.2) is 48.5 Å². The van der Waals surface area contributed by atoms with E-state index in [2.05, 4.69) is 10.2 Å². The molecule has 2 saturated heterocycles. The molecule has 2 aliphatic heterocycles. The molecule has 1 atom stereocenters. The molecule has 1 amide bonds. The van der Waals surface area contributed by atoms with E-state index in [9.17, 15) is 41.0 Å². The number of carbonyl (C=O) groups excluding carboxylic acids is 1. The molecular weight excluding hydrogens is 672 g/mol. The first kappa shape index (κ1) is 37.2. The van der Waals surface area contributed by atoms with Crippen LogP contribution in [0, 0.1) is 5.41 Å². The first-order valence-corrected chi connectivity index (χ1v) is 16.1. The number of likely N-dealkylation sites (tertiary alicyclic amines) is 1. The van der Waals surface area contributed by atoms with Crippen molar-refractivity contribution in [1.29, 1.82) is 0 Å². The third-order valence-corrected chi connectivity index (χ3v) is 9.52. The molecule has 0 bridgehead atoms. The van der Waals surface area contributed by atoms with Crippen molar-refractivity contribution in [3.63, 3.8) is 0 Å². The highest BCUT2D eigenvalue weighted by Crippen LogP contribution is 2.47. The highest BCUT2D eigenvalue weighted by molar-refractivity contribution is 6.01. The van der Waals surface area contributed by atoms with Gasteiger partial charge in [0, 0.05) is 31.6 Å². The van der Waals surface area contributed by atoms with Crippen molar-refractivity contribution >= 4 is 22.6 Å². The number of aliphatic carboxylic acids is 1. The molecule has 15 heteroatoms. The number of rotatable bonds is 11. The van der Waals surface area contributed by atoms with Gasteiger partial charge >= 0.3 is 18.3 Å². The molecule has 2 N–H and O–H groups in total. The molecule has 0 saturated carbocycles. The van der Waals surface area contributed by atoms with Crippen LogP contribution in [0.3, 0.4) is 0 Å². The fourth-order valence-electron chi connectivity index (χ4n) is 6.86. The zero-order valence-electron chi connectivity index (χ0n) is 27.6. The summed E-state index contributed by atoms with van der Waals surface area (Å²) in [6.07, 6.45) is -12.0. The van der Waals surface area contributed by atoms with E-state index in [1.165, 1.54) is 7.11 Å². The number of ether oxygens (including phenoxy) is 3. The van der Waals surface area contributed by atoms with E-state index in [0.717, 1.165) is 23.6 Å². The number of methoxy groups -OCH3 is 2. The van der Waals surface area contributed by atoms with Crippen molar-refractivity contribution in [2.24, 2.45) is 5.41 Å². The number of amides is 1. The Balaban J connectivity index is 1.46. The van der Waals surface area contributed by atoms with Gasteiger partial charge in [0.1, 0.15) is 23.0 Å². The Bertz CT molecular complexity index is 1680. The number of halogens is 6. The average Bonchev–Trinajstić information content (AvgIpc) is 3.07. The van der Waals surface area contributed by atoms with E-state index in [1.54, 1.807) is 31.4 Å². The summed E-state index contributed by atoms with van der Waals surface area (Å²) in [5.74, 6) is -2.02. The van der Waals surface area contributed by atoms with Gasteiger partial charge in [-0.2, -0.15) is 26.3 Å². The summed E-state index contributed by atoms with van der Waals surface area (Å²) in [7, 11) is 3.09. The zero-order valence-corrected chi connectivity index (χ0v) is 27.6. The Labute approximate surface area is 285 Å². The smallest absolute Gasteiger partial charge is 0.403 e. The average molecular weight is 712 g/mol. The first-order valence-electron chi connectivity index (χ1n) is 16.1. The summed E-state index contributed by atoms with van der Waals surface area (Å²) < 4.78 is 99.0. The maximum absolute atomic E-state index is 14.4. The lowest BCUT2D eigenvalue weighted by Gasteiger charge is -2.42. The van der Waals surface area contributed by atoms with Crippen LogP contribution in [-0.2, 0) is 27.3 Å². The van der Waals surface area contributed by atoms with Crippen molar-refractivity contribution in [2.45, 2.75) is 44.2 Å². The predicted molar refractivity (Wildman–Crippen MR) is 172 cm³/mol. The summed E-state index contributed by atoms with van der Waals surface area (Å²) >= 11 is 0. The number of morpholine rings is 1. The lowest BCUT2D eigenvalue weighted by atomic mass is 9.76. The van der Waals surface area contributed by atoms with Crippen LogP contribution in [0.2, 0.25) is 0 Å². The molecule has 272 valence electrons. The second-order valence-corrected chi connectivity index (χ2v) is 12.6. The summed E-state index contributed by atoms with van der Waals surface area (Å²) in [6.45, 7) is 0.681. The largest absolute Gasteiger partial charge is 0.496 e. The van der Waals surface area contributed by atoms with E-state index in [1.807, 2.05) is 24.3 Å². The van der Waals surface area contributed by atoms with Crippen LogP contribution >= 0.6 is 0 Å². The van der Waals surface area contributed by atoms with E-state index in [0.29, 0.717) is 58.7 Å². The Hall–Kier alpha value is -4.08. The van der Waals surface area contributed by atoms with E-state index in [4.69, 9.17) is 14.2 Å². The molecule has 50 heavy (non-hydrogen) atoms. The predicted octanol–water partition coefficient (Wildman–Crippen LogP) is 5.67. The molecule has 0 unspecified atom stereocenters. The molecule has 2 heterocycles. The molecule has 2 aliphatic rings. The van der Waals surface area contributed by atoms with Crippen molar-refractivity contribution in [1.82, 2.24) is 15.1 Å². The van der Waals surface area contributed by atoms with Gasteiger partial charge in [0.05, 0.1) is 39.5 Å². The second-order valence-electron chi connectivity index (χ2n) is 12.6. The number of benzene rings is 3. The summed E-state index contributed by atoms with van der Waals surface area (Å²) in [6, 6.07) is 12.5. The van der Waals surface area contributed by atoms with Crippen LogP contribution < -0.4 is 14.8 Å². The normalized spacial score (nSPS) is 18.1. The number of carbonyl (C=O) groups is 2. The molecule has 0 radical (unpaired) electrons. The fraction of sp³-hybridized carbons (Fsp3) is 0.486. The van der Waals surface area contributed by atoms with Gasteiger partial charge < -0.3 is 24.6 Å². The lowest BCUT2D eigenvalue weighted by molar-refractivity contribution is -0.236. The van der Waals surface area contributed by atoms with Gasteiger partial charge in [-0.25, -0.2) is 4.79 Å². The highest BCUT2D eigenvalue weighted by Gasteiger charge is 2.61. The molecule has 2 fully saturated rings. The summed E-state index contributed by atoms with van der Waals surface area (Å²) in [5, 5.41) is 13.4. The topological polar surface area (TPSA) is 101 Å². The molecule has 0 aromatic heterocycles. The van der Waals surface area contributed by atoms with Crippen LogP contribution in [0.5, 0.6) is 11.5 Å². The number of piperidine rings is 1. The van der Waals surface area contributed by atoms with Gasteiger partial charge in [-0.3, -0.25) is 14.6 Å². The van der Waals surface area contributed by atoms with Gasteiger partial charge in [0.25, 0.3) is 0 Å². The minimum Gasteiger partial charge on any atom is -0.496 e. The second kappa shape index (κ2) is 15.0. The van der Waals surface area contributed by atoms with Crippen molar-refractivity contribution < 1.29 is 55.2 Å². The first-order chi connectivity index (χ1) is 23.7. The van der Waals surface area contributed by atoms with Crippen molar-refractivity contribution in [3.8, 4) is 22.6 Å². The summed E-state index contributed by atoms with van der Waals surface area (Å²) in [4.78, 5) is 28.8. The fourth-order valence-corrected chi connectivity index (χ4v) is 6.86. The Morgan fingerprint density at radius 1 is 0.880 bits per heavy atom. The number of fused-ring (bicyclic) bond motifs is 1. The van der Waals surface area contributed by atoms with E-state index >= 15 is 0 Å². The monoisotopic (exact) mass is 711 g/mol. The number of nitrogens with zero attached hydrogens (tertiary/aromatic N) is 2. The molecule has 5 rings (SSSR count). The maximum Gasteiger partial charge on any atom is 0.403 e. The molecular formula is C35H39F6N3O6. The van der Waals surface area contributed by atoms with Gasteiger partial charge in [0.2, 0.25) is 5.91 Å². The van der Waals surface area contributed by atoms with E-state index in [-0.39, 0.29) is 6.42 Å². The lowest BCUT2D eigenvalue weighted by Crippen LogP contribution is -2.59. The standard InChI is InChI=1S/C35H39F6N3O6/c1-48-28-10-9-23(20-43-15-17-50-18-16-43)30(49-2)29(28)26-8-4-6-24-22(5-3-7-25(24)26)19-27(31(45)46)42-32(47)33(35(39,40)41)11-13-44(14-12-33)21-34(36,37)38/h3-10,27H,11-21H2,1-2H3,(H,42,47)(H,45,46)/t27-/m0/s1. The molecule has 3 aromatic carbocycles. The van der Waals surface area contributed by atoms with Gasteiger partial charge in [-0.1, -0.05) is 42.5 Å². The quantitative estimate of drug-likeness (QED) is 0.246.